The van der Waals surface area contributed by atoms with Crippen LogP contribution < -0.4 is 16.4 Å². The van der Waals surface area contributed by atoms with E-state index in [0.717, 1.165) is 44.1 Å². The number of urea groups is 1. The molecule has 2 aliphatic rings. The summed E-state index contributed by atoms with van der Waals surface area (Å²) in [5.41, 5.74) is 10.1. The van der Waals surface area contributed by atoms with E-state index in [0.29, 0.717) is 35.8 Å². The molecule has 7 nitrogen and oxygen atoms in total. The second-order valence-corrected chi connectivity index (χ2v) is 9.48. The van der Waals surface area contributed by atoms with Gasteiger partial charge in [0.1, 0.15) is 0 Å². The molecule has 7 heteroatoms. The number of nitrogens with two attached hydrogens (primary N) is 1. The van der Waals surface area contributed by atoms with Gasteiger partial charge in [0.05, 0.1) is 11.6 Å². The van der Waals surface area contributed by atoms with E-state index in [2.05, 4.69) is 16.7 Å². The number of hydrogen-bond donors (Lipinski definition) is 3. The molecule has 2 aromatic rings. The van der Waals surface area contributed by atoms with Crippen LogP contribution in [0.2, 0.25) is 0 Å². The van der Waals surface area contributed by atoms with Crippen molar-refractivity contribution >= 4 is 17.6 Å². The summed E-state index contributed by atoms with van der Waals surface area (Å²) in [4.78, 5) is 27.6. The highest BCUT2D eigenvalue weighted by atomic mass is 16.2. The summed E-state index contributed by atoms with van der Waals surface area (Å²) in [7, 11) is 0. The lowest BCUT2D eigenvalue weighted by molar-refractivity contribution is 0.0713. The maximum absolute atomic E-state index is 13.2. The molecule has 1 heterocycles. The number of nitriles is 1. The number of nitrogens with zero attached hydrogens (tertiary/aromatic N) is 2. The third-order valence-corrected chi connectivity index (χ3v) is 7.16. The molecule has 1 aliphatic carbocycles. The topological polar surface area (TPSA) is 111 Å². The van der Waals surface area contributed by atoms with E-state index in [1.165, 1.54) is 5.56 Å². The first-order valence-corrected chi connectivity index (χ1v) is 12.2. The Bertz CT molecular complexity index is 1070. The molecule has 2 fully saturated rings. The van der Waals surface area contributed by atoms with Crippen molar-refractivity contribution in [2.75, 3.05) is 18.4 Å². The molecule has 1 aliphatic heterocycles. The number of aryl methyl sites for hydroxylation is 1. The van der Waals surface area contributed by atoms with Crippen LogP contribution in [0.3, 0.4) is 0 Å². The highest BCUT2D eigenvalue weighted by Gasteiger charge is 2.26. The lowest BCUT2D eigenvalue weighted by Crippen LogP contribution is -2.50. The van der Waals surface area contributed by atoms with E-state index in [-0.39, 0.29) is 24.0 Å². The third-order valence-electron chi connectivity index (χ3n) is 7.16. The first-order valence-electron chi connectivity index (χ1n) is 12.2. The second-order valence-electron chi connectivity index (χ2n) is 9.48. The van der Waals surface area contributed by atoms with Gasteiger partial charge in [0, 0.05) is 36.4 Å². The lowest BCUT2D eigenvalue weighted by Gasteiger charge is -2.32. The summed E-state index contributed by atoms with van der Waals surface area (Å²) in [6, 6.07) is 15.0. The van der Waals surface area contributed by atoms with E-state index < -0.39 is 0 Å². The molecular formula is C27H33N5O2. The summed E-state index contributed by atoms with van der Waals surface area (Å²) in [6.45, 7) is 3.28. The molecule has 3 amide bonds. The Morgan fingerprint density at radius 1 is 1.03 bits per heavy atom. The van der Waals surface area contributed by atoms with Crippen LogP contribution in [0.25, 0.3) is 0 Å². The van der Waals surface area contributed by atoms with Gasteiger partial charge in [0.2, 0.25) is 0 Å². The van der Waals surface area contributed by atoms with E-state index in [9.17, 15) is 9.59 Å². The van der Waals surface area contributed by atoms with E-state index >= 15 is 0 Å². The third kappa shape index (κ3) is 5.57. The van der Waals surface area contributed by atoms with Crippen molar-refractivity contribution in [3.63, 3.8) is 0 Å². The van der Waals surface area contributed by atoms with Crippen LogP contribution in [0.15, 0.2) is 42.5 Å². The normalized spacial score (nSPS) is 20.9. The van der Waals surface area contributed by atoms with E-state index in [1.807, 2.05) is 48.2 Å². The van der Waals surface area contributed by atoms with Gasteiger partial charge in [-0.1, -0.05) is 31.0 Å². The van der Waals surface area contributed by atoms with Crippen molar-refractivity contribution in [3.05, 3.63) is 64.7 Å². The highest BCUT2D eigenvalue weighted by molar-refractivity contribution is 5.97. The molecule has 4 N–H and O–H groups in total. The summed E-state index contributed by atoms with van der Waals surface area (Å²) in [6.07, 6.45) is 5.77. The number of carbonyl (C=O) groups excluding carboxylic acids is 2. The zero-order valence-electron chi connectivity index (χ0n) is 19.7. The molecule has 34 heavy (non-hydrogen) atoms. The Hall–Kier alpha value is -3.37. The number of hydrogen-bond acceptors (Lipinski definition) is 4. The monoisotopic (exact) mass is 459 g/mol. The number of rotatable bonds is 4. The number of piperidine rings is 1. The Morgan fingerprint density at radius 2 is 1.74 bits per heavy atom. The van der Waals surface area contributed by atoms with Crippen molar-refractivity contribution in [2.45, 2.75) is 63.5 Å². The van der Waals surface area contributed by atoms with Crippen molar-refractivity contribution in [1.82, 2.24) is 10.2 Å². The zero-order chi connectivity index (χ0) is 24.1. The van der Waals surface area contributed by atoms with Crippen molar-refractivity contribution < 1.29 is 9.59 Å². The SMILES string of the molecule is Cc1ccc(C(=O)N2CCC(c3ccc(C#N)cc3)CC2)cc1NC(=O)N[C@@H]1CCCC[C@H]1N. The quantitative estimate of drug-likeness (QED) is 0.634. The van der Waals surface area contributed by atoms with Crippen LogP contribution in [0.4, 0.5) is 10.5 Å². The van der Waals surface area contributed by atoms with Gasteiger partial charge < -0.3 is 21.3 Å². The average Bonchev–Trinajstić information content (AvgIpc) is 2.86. The molecule has 0 bridgehead atoms. The second kappa shape index (κ2) is 10.7. The van der Waals surface area contributed by atoms with Gasteiger partial charge in [-0.3, -0.25) is 4.79 Å². The minimum absolute atomic E-state index is 0.0132. The molecule has 0 aromatic heterocycles. The number of anilines is 1. The molecule has 0 spiro atoms. The number of amides is 3. The number of likely N-dealkylation sites (tertiary alicyclic amines) is 1. The maximum atomic E-state index is 13.2. The molecule has 1 saturated carbocycles. The molecule has 0 radical (unpaired) electrons. The summed E-state index contributed by atoms with van der Waals surface area (Å²) in [5.74, 6) is 0.373. The molecule has 4 rings (SSSR count). The summed E-state index contributed by atoms with van der Waals surface area (Å²) >= 11 is 0. The summed E-state index contributed by atoms with van der Waals surface area (Å²) in [5, 5.41) is 14.9. The van der Waals surface area contributed by atoms with Gasteiger partial charge in [0.25, 0.3) is 5.91 Å². The maximum Gasteiger partial charge on any atom is 0.319 e. The Balaban J connectivity index is 1.36. The Kier molecular flexibility index (Phi) is 7.49. The van der Waals surface area contributed by atoms with Crippen LogP contribution in [-0.4, -0.2) is 42.0 Å². The smallest absolute Gasteiger partial charge is 0.319 e. The fraction of sp³-hybridized carbons (Fsp3) is 0.444. The number of nitrogens with one attached hydrogen (secondary N) is 2. The van der Waals surface area contributed by atoms with Crippen LogP contribution in [0.1, 0.15) is 71.5 Å². The van der Waals surface area contributed by atoms with Gasteiger partial charge >= 0.3 is 6.03 Å². The van der Waals surface area contributed by atoms with Gasteiger partial charge in [-0.15, -0.1) is 0 Å². The van der Waals surface area contributed by atoms with Crippen LogP contribution >= 0.6 is 0 Å². The first kappa shape index (κ1) is 23.8. The van der Waals surface area contributed by atoms with Crippen LogP contribution in [-0.2, 0) is 0 Å². The fourth-order valence-electron chi connectivity index (χ4n) is 4.98. The number of benzene rings is 2. The predicted octanol–water partition coefficient (Wildman–Crippen LogP) is 4.28. The van der Waals surface area contributed by atoms with Gasteiger partial charge in [0.15, 0.2) is 0 Å². The zero-order valence-corrected chi connectivity index (χ0v) is 19.7. The molecular weight excluding hydrogens is 426 g/mol. The minimum Gasteiger partial charge on any atom is -0.339 e. The van der Waals surface area contributed by atoms with E-state index in [1.54, 1.807) is 6.07 Å². The van der Waals surface area contributed by atoms with E-state index in [4.69, 9.17) is 11.0 Å². The summed E-state index contributed by atoms with van der Waals surface area (Å²) < 4.78 is 0. The molecule has 1 saturated heterocycles. The van der Waals surface area contributed by atoms with Gasteiger partial charge in [-0.2, -0.15) is 5.26 Å². The molecule has 2 aromatic carbocycles. The van der Waals surface area contributed by atoms with Crippen LogP contribution in [0, 0.1) is 18.3 Å². The largest absolute Gasteiger partial charge is 0.339 e. The van der Waals surface area contributed by atoms with Crippen molar-refractivity contribution in [3.8, 4) is 6.07 Å². The predicted molar refractivity (Wildman–Crippen MR) is 133 cm³/mol. The highest BCUT2D eigenvalue weighted by Crippen LogP contribution is 2.29. The molecule has 0 unspecified atom stereocenters. The van der Waals surface area contributed by atoms with Crippen molar-refractivity contribution in [2.24, 2.45) is 5.73 Å². The molecule has 178 valence electrons. The fourth-order valence-corrected chi connectivity index (χ4v) is 4.98. The standard InChI is InChI=1S/C27H33N5O2/c1-18-6-9-22(16-25(18)31-27(34)30-24-5-3-2-4-23(24)29)26(33)32-14-12-21(13-15-32)20-10-7-19(17-28)8-11-20/h6-11,16,21,23-24H,2-5,12-15,29H2,1H3,(H2,30,31,34)/t23-,24-/m1/s1. The Labute approximate surface area is 201 Å². The van der Waals surface area contributed by atoms with Gasteiger partial charge in [-0.05, 0) is 73.9 Å². The lowest BCUT2D eigenvalue weighted by atomic mass is 9.89. The van der Waals surface area contributed by atoms with Crippen molar-refractivity contribution in [1.29, 1.82) is 5.26 Å². The molecule has 2 atom stereocenters. The Morgan fingerprint density at radius 3 is 2.41 bits per heavy atom. The van der Waals surface area contributed by atoms with Crippen LogP contribution in [0.5, 0.6) is 0 Å². The number of carbonyl (C=O) groups is 2. The van der Waals surface area contributed by atoms with Gasteiger partial charge in [-0.25, -0.2) is 4.79 Å². The average molecular weight is 460 g/mol. The first-order chi connectivity index (χ1) is 16.4. The minimum atomic E-state index is -0.279.